The predicted octanol–water partition coefficient (Wildman–Crippen LogP) is 2.17. The van der Waals surface area contributed by atoms with E-state index in [0.29, 0.717) is 0 Å². The van der Waals surface area contributed by atoms with Gasteiger partial charge in [0.2, 0.25) is 5.91 Å². The summed E-state index contributed by atoms with van der Waals surface area (Å²) in [5.74, 6) is -2.35. The Kier molecular flexibility index (Phi) is 7.79. The third-order valence-electron chi connectivity index (χ3n) is 3.97. The van der Waals surface area contributed by atoms with E-state index in [0.717, 1.165) is 38.5 Å². The number of carboxylic acids is 2. The lowest BCUT2D eigenvalue weighted by atomic mass is 9.90. The number of aliphatic carboxylic acids is 2. The van der Waals surface area contributed by atoms with Gasteiger partial charge in [0, 0.05) is 12.3 Å². The predicted molar refractivity (Wildman–Crippen MR) is 76.9 cm³/mol. The number of nitrogens with one attached hydrogen (secondary N) is 1. The van der Waals surface area contributed by atoms with Crippen LogP contribution < -0.4 is 5.32 Å². The van der Waals surface area contributed by atoms with Crippen molar-refractivity contribution in [2.24, 2.45) is 5.92 Å². The molecule has 0 heterocycles. The second-order valence-corrected chi connectivity index (χ2v) is 5.73. The molecule has 6 nitrogen and oxygen atoms in total. The summed E-state index contributed by atoms with van der Waals surface area (Å²) in [4.78, 5) is 33.8. The van der Waals surface area contributed by atoms with Crippen LogP contribution in [0, 0.1) is 5.92 Å². The second-order valence-electron chi connectivity index (χ2n) is 5.73. The number of rotatable bonds is 7. The first kappa shape index (κ1) is 17.5. The highest BCUT2D eigenvalue weighted by Gasteiger charge is 2.25. The van der Waals surface area contributed by atoms with E-state index >= 15 is 0 Å². The molecule has 0 radical (unpaired) electrons. The minimum atomic E-state index is -1.10. The van der Waals surface area contributed by atoms with Crippen molar-refractivity contribution in [3.05, 3.63) is 0 Å². The van der Waals surface area contributed by atoms with E-state index in [2.05, 4.69) is 5.32 Å². The molecule has 0 aliphatic heterocycles. The van der Waals surface area contributed by atoms with Gasteiger partial charge in [0.25, 0.3) is 0 Å². The van der Waals surface area contributed by atoms with Crippen LogP contribution in [0.1, 0.15) is 64.2 Å². The summed E-state index contributed by atoms with van der Waals surface area (Å²) in [6.07, 6.45) is 7.43. The molecular formula is C15H25NO5. The van der Waals surface area contributed by atoms with Crippen LogP contribution in [0.25, 0.3) is 0 Å². The summed E-state index contributed by atoms with van der Waals surface area (Å²) in [6.45, 7) is 0. The van der Waals surface area contributed by atoms with Gasteiger partial charge in [-0.25, -0.2) is 4.79 Å². The molecule has 1 amide bonds. The van der Waals surface area contributed by atoms with Crippen molar-refractivity contribution >= 4 is 17.8 Å². The van der Waals surface area contributed by atoms with Crippen LogP contribution in [0.4, 0.5) is 0 Å². The molecule has 0 bridgehead atoms. The largest absolute Gasteiger partial charge is 0.481 e. The van der Waals surface area contributed by atoms with Gasteiger partial charge in [0.05, 0.1) is 0 Å². The van der Waals surface area contributed by atoms with E-state index in [-0.39, 0.29) is 31.1 Å². The molecule has 0 unspecified atom stereocenters. The summed E-state index contributed by atoms with van der Waals surface area (Å²) in [5, 5.41) is 20.3. The quantitative estimate of drug-likeness (QED) is 0.668. The van der Waals surface area contributed by atoms with E-state index in [9.17, 15) is 14.4 Å². The van der Waals surface area contributed by atoms with Crippen molar-refractivity contribution in [1.82, 2.24) is 5.32 Å². The van der Waals surface area contributed by atoms with Crippen LogP contribution in [0.5, 0.6) is 0 Å². The molecule has 1 aliphatic carbocycles. The van der Waals surface area contributed by atoms with Gasteiger partial charge in [-0.1, -0.05) is 32.1 Å². The topological polar surface area (TPSA) is 104 Å². The van der Waals surface area contributed by atoms with Gasteiger partial charge in [0.15, 0.2) is 0 Å². The monoisotopic (exact) mass is 299 g/mol. The molecule has 21 heavy (non-hydrogen) atoms. The van der Waals surface area contributed by atoms with Gasteiger partial charge in [-0.05, 0) is 25.7 Å². The van der Waals surface area contributed by atoms with E-state index in [4.69, 9.17) is 10.2 Å². The number of carboxylic acid groups (broad SMARTS) is 2. The number of carbonyl (C=O) groups is 3. The lowest BCUT2D eigenvalue weighted by Crippen LogP contribution is -2.43. The summed E-state index contributed by atoms with van der Waals surface area (Å²) in [6, 6.07) is -0.984. The third kappa shape index (κ3) is 7.11. The summed E-state index contributed by atoms with van der Waals surface area (Å²) in [7, 11) is 0. The average molecular weight is 299 g/mol. The fraction of sp³-hybridized carbons (Fsp3) is 0.800. The molecule has 0 saturated heterocycles. The Morgan fingerprint density at radius 1 is 1.00 bits per heavy atom. The van der Waals surface area contributed by atoms with E-state index in [1.807, 2.05) is 0 Å². The van der Waals surface area contributed by atoms with Crippen molar-refractivity contribution in [1.29, 1.82) is 0 Å². The Hall–Kier alpha value is -1.59. The number of hydrogen-bond acceptors (Lipinski definition) is 3. The lowest BCUT2D eigenvalue weighted by Gasteiger charge is -2.21. The zero-order valence-corrected chi connectivity index (χ0v) is 12.3. The summed E-state index contributed by atoms with van der Waals surface area (Å²) in [5.41, 5.74) is 0. The molecule has 3 N–H and O–H groups in total. The second kappa shape index (κ2) is 9.37. The van der Waals surface area contributed by atoms with Crippen LogP contribution in [0.2, 0.25) is 0 Å². The normalized spacial score (nSPS) is 18.3. The van der Waals surface area contributed by atoms with Crippen LogP contribution >= 0.6 is 0 Å². The Labute approximate surface area is 124 Å². The van der Waals surface area contributed by atoms with Crippen LogP contribution in [-0.2, 0) is 14.4 Å². The highest BCUT2D eigenvalue weighted by atomic mass is 16.4. The molecular weight excluding hydrogens is 274 g/mol. The van der Waals surface area contributed by atoms with Gasteiger partial charge in [-0.3, -0.25) is 9.59 Å². The first-order valence-electron chi connectivity index (χ1n) is 7.75. The smallest absolute Gasteiger partial charge is 0.326 e. The van der Waals surface area contributed by atoms with E-state index in [1.165, 1.54) is 6.42 Å². The van der Waals surface area contributed by atoms with Crippen molar-refractivity contribution in [2.45, 2.75) is 70.3 Å². The standard InChI is InChI=1S/C15H25NO5/c17-13(18)10-6-9-12(15(20)21)16-14(19)11-7-4-2-1-3-5-8-11/h11-12H,1-10H2,(H,16,19)(H,17,18)(H,20,21)/t12-/m1/s1. The van der Waals surface area contributed by atoms with Crippen molar-refractivity contribution < 1.29 is 24.6 Å². The zero-order chi connectivity index (χ0) is 15.7. The molecule has 1 saturated carbocycles. The summed E-state index contributed by atoms with van der Waals surface area (Å²) < 4.78 is 0. The lowest BCUT2D eigenvalue weighted by molar-refractivity contribution is -0.143. The molecule has 0 spiro atoms. The number of carbonyl (C=O) groups excluding carboxylic acids is 1. The molecule has 0 aromatic carbocycles. The van der Waals surface area contributed by atoms with Crippen molar-refractivity contribution in [2.75, 3.05) is 0 Å². The van der Waals surface area contributed by atoms with Crippen LogP contribution in [0.3, 0.4) is 0 Å². The fourth-order valence-electron chi connectivity index (χ4n) is 2.72. The molecule has 1 rings (SSSR count). The van der Waals surface area contributed by atoms with Crippen molar-refractivity contribution in [3.8, 4) is 0 Å². The van der Waals surface area contributed by atoms with E-state index in [1.54, 1.807) is 0 Å². The Balaban J connectivity index is 2.46. The highest BCUT2D eigenvalue weighted by Crippen LogP contribution is 2.22. The molecule has 6 heteroatoms. The molecule has 1 aliphatic rings. The Morgan fingerprint density at radius 3 is 2.10 bits per heavy atom. The minimum absolute atomic E-state index is 0.0803. The molecule has 1 fully saturated rings. The summed E-state index contributed by atoms with van der Waals surface area (Å²) >= 11 is 0. The Bertz CT molecular complexity index is 361. The molecule has 0 aromatic rings. The number of amides is 1. The first-order valence-corrected chi connectivity index (χ1v) is 7.75. The van der Waals surface area contributed by atoms with Gasteiger partial charge in [-0.15, -0.1) is 0 Å². The maximum absolute atomic E-state index is 12.2. The van der Waals surface area contributed by atoms with Crippen molar-refractivity contribution in [3.63, 3.8) is 0 Å². The van der Waals surface area contributed by atoms with E-state index < -0.39 is 18.0 Å². The van der Waals surface area contributed by atoms with Gasteiger partial charge in [-0.2, -0.15) is 0 Å². The first-order chi connectivity index (χ1) is 10.0. The average Bonchev–Trinajstić information content (AvgIpc) is 2.36. The minimum Gasteiger partial charge on any atom is -0.481 e. The SMILES string of the molecule is O=C(O)CCC[C@@H](NC(=O)C1CCCCCCC1)C(=O)O. The van der Waals surface area contributed by atoms with Gasteiger partial charge < -0.3 is 15.5 Å². The maximum atomic E-state index is 12.2. The van der Waals surface area contributed by atoms with Crippen LogP contribution in [-0.4, -0.2) is 34.1 Å². The number of hydrogen-bond donors (Lipinski definition) is 3. The van der Waals surface area contributed by atoms with Gasteiger partial charge in [0.1, 0.15) is 6.04 Å². The van der Waals surface area contributed by atoms with Crippen LogP contribution in [0.15, 0.2) is 0 Å². The molecule has 0 aromatic heterocycles. The Morgan fingerprint density at radius 2 is 1.57 bits per heavy atom. The maximum Gasteiger partial charge on any atom is 0.326 e. The molecule has 120 valence electrons. The zero-order valence-electron chi connectivity index (χ0n) is 12.3. The van der Waals surface area contributed by atoms with Gasteiger partial charge >= 0.3 is 11.9 Å². The fourth-order valence-corrected chi connectivity index (χ4v) is 2.72. The highest BCUT2D eigenvalue weighted by molar-refractivity contribution is 5.85. The molecule has 1 atom stereocenters. The third-order valence-corrected chi connectivity index (χ3v) is 3.97.